The van der Waals surface area contributed by atoms with Crippen LogP contribution >= 0.6 is 0 Å². The average Bonchev–Trinajstić information content (AvgIpc) is 3.37. The number of rotatable bonds is 0. The van der Waals surface area contributed by atoms with Gasteiger partial charge < -0.3 is 9.47 Å². The summed E-state index contributed by atoms with van der Waals surface area (Å²) in [5.41, 5.74) is -0.829. The Morgan fingerprint density at radius 1 is 1.12 bits per heavy atom. The van der Waals surface area contributed by atoms with Crippen LogP contribution in [0.1, 0.15) is 45.4 Å². The topological polar surface area (TPSA) is 55.9 Å². The lowest BCUT2D eigenvalue weighted by molar-refractivity contribution is -0.230. The van der Waals surface area contributed by atoms with Crippen LogP contribution in [0.2, 0.25) is 0 Å². The molecule has 25 heavy (non-hydrogen) atoms. The maximum atomic E-state index is 13.7. The first-order valence-electron chi connectivity index (χ1n) is 9.91. The normalized spacial score (nSPS) is 58.9. The fourth-order valence-corrected chi connectivity index (χ4v) is 8.23. The van der Waals surface area contributed by atoms with Crippen LogP contribution in [-0.2, 0) is 19.1 Å². The van der Waals surface area contributed by atoms with Crippen LogP contribution in [0.25, 0.3) is 0 Å². The molecule has 4 heteroatoms. The number of epoxide rings is 1. The first-order valence-corrected chi connectivity index (χ1v) is 9.91. The van der Waals surface area contributed by atoms with E-state index in [1.807, 2.05) is 0 Å². The summed E-state index contributed by atoms with van der Waals surface area (Å²) in [7, 11) is 0. The second kappa shape index (κ2) is 4.12. The van der Waals surface area contributed by atoms with Crippen LogP contribution in [0.5, 0.6) is 0 Å². The van der Waals surface area contributed by atoms with E-state index in [4.69, 9.17) is 9.47 Å². The van der Waals surface area contributed by atoms with E-state index in [1.165, 1.54) is 6.42 Å². The smallest absolute Gasteiger partial charge is 0.181 e. The monoisotopic (exact) mass is 342 g/mol. The molecule has 0 aromatic rings. The number of carbonyl (C=O) groups is 2. The van der Waals surface area contributed by atoms with Crippen LogP contribution < -0.4 is 0 Å². The summed E-state index contributed by atoms with van der Waals surface area (Å²) in [6.07, 6.45) is 5.94. The molecular weight excluding hydrogens is 316 g/mol. The van der Waals surface area contributed by atoms with Crippen molar-refractivity contribution in [3.63, 3.8) is 0 Å². The van der Waals surface area contributed by atoms with Gasteiger partial charge in [-0.25, -0.2) is 0 Å². The predicted molar refractivity (Wildman–Crippen MR) is 89.8 cm³/mol. The van der Waals surface area contributed by atoms with E-state index >= 15 is 0 Å². The Morgan fingerprint density at radius 2 is 1.92 bits per heavy atom. The molecule has 134 valence electrons. The zero-order chi connectivity index (χ0) is 17.2. The summed E-state index contributed by atoms with van der Waals surface area (Å²) < 4.78 is 11.8. The fraction of sp³-hybridized carbons (Fsp3) is 0.810. The van der Waals surface area contributed by atoms with E-state index in [0.29, 0.717) is 25.6 Å². The SMILES string of the molecule is C=C1C(=O)C23CC[C@H](CC2[C@@]24CCC[C@@](C)(COC2)C14)C1(CO1)C3=O. The molecular formula is C21H26O4. The highest BCUT2D eigenvalue weighted by Gasteiger charge is 2.80. The van der Waals surface area contributed by atoms with Gasteiger partial charge in [-0.1, -0.05) is 19.9 Å². The second-order valence-corrected chi connectivity index (χ2v) is 10.0. The van der Waals surface area contributed by atoms with E-state index in [0.717, 1.165) is 37.9 Å². The Bertz CT molecular complexity index is 722. The number of ketones is 2. The van der Waals surface area contributed by atoms with Crippen molar-refractivity contribution in [2.75, 3.05) is 19.8 Å². The van der Waals surface area contributed by atoms with E-state index in [2.05, 4.69) is 13.5 Å². The molecule has 4 bridgehead atoms. The van der Waals surface area contributed by atoms with E-state index in [1.54, 1.807) is 0 Å². The first kappa shape index (κ1) is 15.1. The van der Waals surface area contributed by atoms with Crippen molar-refractivity contribution >= 4 is 11.6 Å². The van der Waals surface area contributed by atoms with Crippen LogP contribution in [0, 0.1) is 34.0 Å². The molecule has 7 fully saturated rings. The van der Waals surface area contributed by atoms with E-state index in [-0.39, 0.29) is 34.2 Å². The lowest BCUT2D eigenvalue weighted by Crippen LogP contribution is -2.73. The molecule has 0 radical (unpaired) electrons. The van der Waals surface area contributed by atoms with Gasteiger partial charge in [0.1, 0.15) is 0 Å². The fourth-order valence-electron chi connectivity index (χ4n) is 8.23. The van der Waals surface area contributed by atoms with Gasteiger partial charge in [-0.05, 0) is 54.9 Å². The summed E-state index contributed by atoms with van der Waals surface area (Å²) in [5.74, 6) is 0.782. The standard InChI is InChI=1S/C21H26O4/c1-12-15-18(2)5-3-6-19(15,10-24-9-18)14-8-13-4-7-20(14,16(12)22)17(23)21(13)11-25-21/h13-15H,1,3-11H2,2H3/t13-,14?,15?,18+,19-,20?,21?/m1/s1. The Balaban J connectivity index is 1.58. The summed E-state index contributed by atoms with van der Waals surface area (Å²) in [5, 5.41) is 0. The van der Waals surface area contributed by atoms with E-state index < -0.39 is 11.0 Å². The summed E-state index contributed by atoms with van der Waals surface area (Å²) in [6, 6.07) is 0. The van der Waals surface area contributed by atoms with E-state index in [9.17, 15) is 9.59 Å². The minimum atomic E-state index is -0.863. The molecule has 0 aromatic heterocycles. The number of Topliss-reactive ketones (excluding diaryl/α,β-unsaturated/α-hetero) is 2. The molecule has 7 atom stereocenters. The lowest BCUT2D eigenvalue weighted by Gasteiger charge is -2.69. The van der Waals surface area contributed by atoms with Crippen LogP contribution in [0.15, 0.2) is 12.2 Å². The molecule has 4 nitrogen and oxygen atoms in total. The Kier molecular flexibility index (Phi) is 2.49. The van der Waals surface area contributed by atoms with Crippen LogP contribution in [-0.4, -0.2) is 37.0 Å². The predicted octanol–water partition coefficient (Wildman–Crippen LogP) is 2.70. The Morgan fingerprint density at radius 3 is 2.68 bits per heavy atom. The molecule has 5 aliphatic carbocycles. The molecule has 2 aliphatic heterocycles. The minimum Gasteiger partial charge on any atom is -0.380 e. The first-order chi connectivity index (χ1) is 11.9. The van der Waals surface area contributed by atoms with Crippen molar-refractivity contribution in [3.05, 3.63) is 12.2 Å². The maximum Gasteiger partial charge on any atom is 0.181 e. The summed E-state index contributed by atoms with van der Waals surface area (Å²) >= 11 is 0. The summed E-state index contributed by atoms with van der Waals surface area (Å²) in [4.78, 5) is 27.2. The number of fused-ring (bicyclic) bond motifs is 1. The van der Waals surface area contributed by atoms with Crippen molar-refractivity contribution in [3.8, 4) is 0 Å². The molecule has 0 aromatic carbocycles. The van der Waals surface area contributed by atoms with Gasteiger partial charge in [0.15, 0.2) is 17.2 Å². The third kappa shape index (κ3) is 1.37. The molecule has 2 spiro atoms. The van der Waals surface area contributed by atoms with Crippen molar-refractivity contribution < 1.29 is 19.1 Å². The molecule has 0 amide bonds. The highest BCUT2D eigenvalue weighted by atomic mass is 16.6. The number of ether oxygens (including phenoxy) is 2. The number of allylic oxidation sites excluding steroid dienone is 1. The van der Waals surface area contributed by atoms with Gasteiger partial charge in [-0.15, -0.1) is 0 Å². The zero-order valence-corrected chi connectivity index (χ0v) is 14.9. The molecule has 5 saturated carbocycles. The highest BCUT2D eigenvalue weighted by molar-refractivity contribution is 6.19. The van der Waals surface area contributed by atoms with Crippen molar-refractivity contribution in [1.29, 1.82) is 0 Å². The third-order valence-corrected chi connectivity index (χ3v) is 9.11. The van der Waals surface area contributed by atoms with Gasteiger partial charge >= 0.3 is 0 Å². The Hall–Kier alpha value is -1.00. The van der Waals surface area contributed by atoms with Gasteiger partial charge in [0.2, 0.25) is 0 Å². The molecule has 7 rings (SSSR count). The van der Waals surface area contributed by atoms with Crippen molar-refractivity contribution in [2.24, 2.45) is 34.0 Å². The second-order valence-electron chi connectivity index (χ2n) is 10.0. The van der Waals surface area contributed by atoms with Gasteiger partial charge in [-0.3, -0.25) is 9.59 Å². The molecule has 2 saturated heterocycles. The van der Waals surface area contributed by atoms with Gasteiger partial charge in [0, 0.05) is 11.3 Å². The zero-order valence-electron chi connectivity index (χ0n) is 14.9. The third-order valence-electron chi connectivity index (χ3n) is 9.11. The number of hydrogen-bond acceptors (Lipinski definition) is 4. The van der Waals surface area contributed by atoms with Crippen molar-refractivity contribution in [1.82, 2.24) is 0 Å². The molecule has 2 heterocycles. The largest absolute Gasteiger partial charge is 0.380 e. The van der Waals surface area contributed by atoms with Crippen LogP contribution in [0.4, 0.5) is 0 Å². The van der Waals surface area contributed by atoms with Crippen LogP contribution in [0.3, 0.4) is 0 Å². The molecule has 7 aliphatic rings. The molecule has 0 N–H and O–H groups in total. The number of hydrogen-bond donors (Lipinski definition) is 0. The lowest BCUT2D eigenvalue weighted by atomic mass is 9.34. The quantitative estimate of drug-likeness (QED) is 0.386. The molecule has 4 unspecified atom stereocenters. The van der Waals surface area contributed by atoms with Crippen molar-refractivity contribution in [2.45, 2.75) is 51.0 Å². The maximum absolute atomic E-state index is 13.7. The average molecular weight is 342 g/mol. The minimum absolute atomic E-state index is 0.00163. The van der Waals surface area contributed by atoms with Gasteiger partial charge in [-0.2, -0.15) is 0 Å². The Labute approximate surface area is 148 Å². The number of carbonyl (C=O) groups excluding carboxylic acids is 2. The summed E-state index contributed by atoms with van der Waals surface area (Å²) in [6.45, 7) is 8.52. The van der Waals surface area contributed by atoms with Gasteiger partial charge in [0.25, 0.3) is 0 Å². The highest BCUT2D eigenvalue weighted by Crippen LogP contribution is 2.74. The van der Waals surface area contributed by atoms with Gasteiger partial charge in [0.05, 0.1) is 25.2 Å².